The Balaban J connectivity index is 1.24. The molecule has 1 N–H and O–H groups in total. The van der Waals surface area contributed by atoms with Crippen molar-refractivity contribution in [3.8, 4) is 22.3 Å². The van der Waals surface area contributed by atoms with Crippen LogP contribution < -0.4 is 5.32 Å². The molecule has 212 valence electrons. The number of fused-ring (bicyclic) bond motifs is 7. The van der Waals surface area contributed by atoms with Crippen molar-refractivity contribution in [2.75, 3.05) is 5.32 Å². The summed E-state index contributed by atoms with van der Waals surface area (Å²) >= 11 is 0. The molecule has 2 heteroatoms. The van der Waals surface area contributed by atoms with Gasteiger partial charge in [-0.15, -0.1) is 0 Å². The number of rotatable bonds is 5. The Morgan fingerprint density at radius 2 is 1.02 bits per heavy atom. The van der Waals surface area contributed by atoms with Gasteiger partial charge in [-0.05, 0) is 57.1 Å². The van der Waals surface area contributed by atoms with Crippen molar-refractivity contribution in [2.45, 2.75) is 5.41 Å². The van der Waals surface area contributed by atoms with Gasteiger partial charge in [0, 0.05) is 22.0 Å². The largest absolute Gasteiger partial charge is 0.453 e. The molecule has 7 aromatic carbocycles. The van der Waals surface area contributed by atoms with Gasteiger partial charge in [-0.25, -0.2) is 0 Å². The molecule has 0 saturated carbocycles. The number of benzene rings is 7. The number of para-hydroxylation sites is 1. The van der Waals surface area contributed by atoms with E-state index in [9.17, 15) is 0 Å². The second-order valence-electron chi connectivity index (χ2n) is 11.7. The number of anilines is 2. The van der Waals surface area contributed by atoms with Crippen molar-refractivity contribution >= 4 is 33.3 Å². The standard InChI is InChI=1S/C43H29NO/c1-4-13-29(14-5-1)30-23-25-33(26-24-30)44-39-22-12-20-34-35-27-28-38-40(42(35)45-41(34)39)36-19-10-11-21-37(36)43(38,31-15-6-2-7-16-31)32-17-8-3-9-18-32/h1-28,44H. The highest BCUT2D eigenvalue weighted by Crippen LogP contribution is 2.58. The molecule has 9 rings (SSSR count). The average molecular weight is 576 g/mol. The monoisotopic (exact) mass is 575 g/mol. The van der Waals surface area contributed by atoms with E-state index >= 15 is 0 Å². The SMILES string of the molecule is c1ccc(-c2ccc(Nc3cccc4c3oc3c5c(ccc34)C(c3ccccc3)(c3ccccc3)c3ccccc3-5)cc2)cc1. The first kappa shape index (κ1) is 25.6. The van der Waals surface area contributed by atoms with E-state index in [1.54, 1.807) is 0 Å². The molecule has 0 unspecified atom stereocenters. The number of hydrogen-bond acceptors (Lipinski definition) is 2. The summed E-state index contributed by atoms with van der Waals surface area (Å²) in [5.41, 5.74) is 13.1. The van der Waals surface area contributed by atoms with Crippen LogP contribution in [0.25, 0.3) is 44.2 Å². The molecule has 1 aliphatic rings. The molecule has 0 atom stereocenters. The second-order valence-corrected chi connectivity index (χ2v) is 11.7. The predicted molar refractivity (Wildman–Crippen MR) is 186 cm³/mol. The van der Waals surface area contributed by atoms with Gasteiger partial charge in [0.1, 0.15) is 5.58 Å². The minimum Gasteiger partial charge on any atom is -0.453 e. The van der Waals surface area contributed by atoms with Gasteiger partial charge in [0.15, 0.2) is 5.58 Å². The average Bonchev–Trinajstić information content (AvgIpc) is 3.65. The molecule has 0 aliphatic heterocycles. The molecule has 2 nitrogen and oxygen atoms in total. The maximum atomic E-state index is 6.95. The Bertz CT molecular complexity index is 2280. The summed E-state index contributed by atoms with van der Waals surface area (Å²) in [5.74, 6) is 0. The third-order valence-corrected chi connectivity index (χ3v) is 9.36. The predicted octanol–water partition coefficient (Wildman–Crippen LogP) is 11.4. The van der Waals surface area contributed by atoms with Gasteiger partial charge in [0.25, 0.3) is 0 Å². The molecule has 0 radical (unpaired) electrons. The highest BCUT2D eigenvalue weighted by molar-refractivity contribution is 6.15. The molecule has 8 aromatic rings. The lowest BCUT2D eigenvalue weighted by Crippen LogP contribution is -2.28. The zero-order chi connectivity index (χ0) is 29.8. The van der Waals surface area contributed by atoms with E-state index < -0.39 is 5.41 Å². The first-order chi connectivity index (χ1) is 22.3. The summed E-state index contributed by atoms with van der Waals surface area (Å²) in [6, 6.07) is 60.6. The van der Waals surface area contributed by atoms with Crippen LogP contribution in [0.1, 0.15) is 22.3 Å². The van der Waals surface area contributed by atoms with E-state index in [4.69, 9.17) is 4.42 Å². The van der Waals surface area contributed by atoms with Gasteiger partial charge in [-0.3, -0.25) is 0 Å². The molecular weight excluding hydrogens is 546 g/mol. The molecule has 1 heterocycles. The fraction of sp³-hybridized carbons (Fsp3) is 0.0233. The van der Waals surface area contributed by atoms with E-state index in [0.29, 0.717) is 0 Å². The maximum Gasteiger partial charge on any atom is 0.158 e. The highest BCUT2D eigenvalue weighted by atomic mass is 16.3. The van der Waals surface area contributed by atoms with E-state index in [1.165, 1.54) is 44.5 Å². The highest BCUT2D eigenvalue weighted by Gasteiger charge is 2.47. The summed E-state index contributed by atoms with van der Waals surface area (Å²) in [7, 11) is 0. The van der Waals surface area contributed by atoms with Crippen molar-refractivity contribution in [2.24, 2.45) is 0 Å². The van der Waals surface area contributed by atoms with E-state index in [-0.39, 0.29) is 0 Å². The van der Waals surface area contributed by atoms with Gasteiger partial charge >= 0.3 is 0 Å². The van der Waals surface area contributed by atoms with Crippen molar-refractivity contribution in [3.63, 3.8) is 0 Å². The van der Waals surface area contributed by atoms with Gasteiger partial charge in [0.05, 0.1) is 11.1 Å². The molecule has 0 bridgehead atoms. The molecule has 0 fully saturated rings. The lowest BCUT2D eigenvalue weighted by molar-refractivity contribution is 0.670. The third kappa shape index (κ3) is 3.82. The first-order valence-corrected chi connectivity index (χ1v) is 15.4. The van der Waals surface area contributed by atoms with Crippen LogP contribution in [0.5, 0.6) is 0 Å². The molecule has 0 amide bonds. The van der Waals surface area contributed by atoms with Gasteiger partial charge < -0.3 is 9.73 Å². The fourth-order valence-electron chi connectivity index (χ4n) is 7.41. The van der Waals surface area contributed by atoms with Crippen LogP contribution in [-0.2, 0) is 5.41 Å². The van der Waals surface area contributed by atoms with Crippen LogP contribution in [-0.4, -0.2) is 0 Å². The topological polar surface area (TPSA) is 25.2 Å². The minimum absolute atomic E-state index is 0.455. The molecule has 1 aliphatic carbocycles. The van der Waals surface area contributed by atoms with Gasteiger partial charge in [-0.1, -0.05) is 152 Å². The van der Waals surface area contributed by atoms with Crippen LogP contribution in [0.4, 0.5) is 11.4 Å². The van der Waals surface area contributed by atoms with Crippen LogP contribution in [0.2, 0.25) is 0 Å². The Morgan fingerprint density at radius 3 is 1.73 bits per heavy atom. The Labute approximate surface area is 262 Å². The van der Waals surface area contributed by atoms with Gasteiger partial charge in [-0.2, -0.15) is 0 Å². The molecule has 45 heavy (non-hydrogen) atoms. The quantitative estimate of drug-likeness (QED) is 0.221. The third-order valence-electron chi connectivity index (χ3n) is 9.36. The fourth-order valence-corrected chi connectivity index (χ4v) is 7.41. The smallest absolute Gasteiger partial charge is 0.158 e. The Morgan fingerprint density at radius 1 is 0.422 bits per heavy atom. The summed E-state index contributed by atoms with van der Waals surface area (Å²) < 4.78 is 6.95. The number of hydrogen-bond donors (Lipinski definition) is 1. The van der Waals surface area contributed by atoms with E-state index in [1.807, 2.05) is 6.07 Å². The number of nitrogens with one attached hydrogen (secondary N) is 1. The maximum absolute atomic E-state index is 6.95. The first-order valence-electron chi connectivity index (χ1n) is 15.4. The molecule has 0 saturated heterocycles. The van der Waals surface area contributed by atoms with Crippen LogP contribution in [0.3, 0.4) is 0 Å². The Hall–Kier alpha value is -5.86. The van der Waals surface area contributed by atoms with Crippen molar-refractivity contribution < 1.29 is 4.42 Å². The second kappa shape index (κ2) is 10.1. The summed E-state index contributed by atoms with van der Waals surface area (Å²) in [5, 5.41) is 5.88. The normalized spacial score (nSPS) is 13.1. The Kier molecular flexibility index (Phi) is 5.76. The molecular formula is C43H29NO. The van der Waals surface area contributed by atoms with E-state index in [2.05, 4.69) is 169 Å². The van der Waals surface area contributed by atoms with Crippen LogP contribution >= 0.6 is 0 Å². The van der Waals surface area contributed by atoms with Crippen LogP contribution in [0, 0.1) is 0 Å². The lowest BCUT2D eigenvalue weighted by atomic mass is 9.68. The van der Waals surface area contributed by atoms with Crippen LogP contribution in [0.15, 0.2) is 174 Å². The van der Waals surface area contributed by atoms with Crippen molar-refractivity contribution in [1.29, 1.82) is 0 Å². The van der Waals surface area contributed by atoms with Crippen molar-refractivity contribution in [3.05, 3.63) is 192 Å². The zero-order valence-corrected chi connectivity index (χ0v) is 24.6. The molecule has 0 spiro atoms. The summed E-state index contributed by atoms with van der Waals surface area (Å²) in [6.45, 7) is 0. The lowest BCUT2D eigenvalue weighted by Gasteiger charge is -2.33. The van der Waals surface area contributed by atoms with Crippen molar-refractivity contribution in [1.82, 2.24) is 0 Å². The zero-order valence-electron chi connectivity index (χ0n) is 24.6. The molecule has 1 aromatic heterocycles. The summed E-state index contributed by atoms with van der Waals surface area (Å²) in [6.07, 6.45) is 0. The van der Waals surface area contributed by atoms with E-state index in [0.717, 1.165) is 33.3 Å². The summed E-state index contributed by atoms with van der Waals surface area (Å²) in [4.78, 5) is 0. The van der Waals surface area contributed by atoms with Gasteiger partial charge in [0.2, 0.25) is 0 Å². The number of furan rings is 1. The minimum atomic E-state index is -0.455.